The number of benzene rings is 1. The molecule has 0 radical (unpaired) electrons. The average molecular weight is 500 g/mol. The van der Waals surface area contributed by atoms with E-state index in [0.29, 0.717) is 40.3 Å². The molecule has 1 amide bonds. The number of rotatable bonds is 8. The predicted octanol–water partition coefficient (Wildman–Crippen LogP) is 4.57. The van der Waals surface area contributed by atoms with Gasteiger partial charge in [-0.3, -0.25) is 29.9 Å². The van der Waals surface area contributed by atoms with Crippen molar-refractivity contribution in [3.63, 3.8) is 0 Å². The van der Waals surface area contributed by atoms with Crippen LogP contribution in [0.25, 0.3) is 0 Å². The number of piperidine rings is 1. The molecule has 178 valence electrons. The highest BCUT2D eigenvalue weighted by Gasteiger charge is 2.25. The second kappa shape index (κ2) is 10.3. The van der Waals surface area contributed by atoms with Gasteiger partial charge in [0, 0.05) is 36.6 Å². The summed E-state index contributed by atoms with van der Waals surface area (Å²) in [5, 5.41) is 23.7. The van der Waals surface area contributed by atoms with Gasteiger partial charge in [0.15, 0.2) is 9.90 Å². The fourth-order valence-electron chi connectivity index (χ4n) is 4.07. The lowest BCUT2D eigenvalue weighted by Crippen LogP contribution is -2.34. The molecule has 2 N–H and O–H groups in total. The molecule has 3 aromatic rings. The topological polar surface area (TPSA) is 122 Å². The molecule has 4 rings (SSSR count). The number of aromatic nitrogens is 4. The molecule has 1 saturated heterocycles. The second-order valence-electron chi connectivity index (χ2n) is 8.27. The lowest BCUT2D eigenvalue weighted by Gasteiger charge is -2.32. The van der Waals surface area contributed by atoms with Gasteiger partial charge in [-0.25, -0.2) is 4.98 Å². The van der Waals surface area contributed by atoms with Gasteiger partial charge in [0.05, 0.1) is 17.0 Å². The largest absolute Gasteiger partial charge is 0.366 e. The normalized spacial score (nSPS) is 15.8. The van der Waals surface area contributed by atoms with Crippen LogP contribution in [-0.2, 0) is 13.0 Å². The number of nitro benzene ring substituents is 1. The van der Waals surface area contributed by atoms with Crippen LogP contribution in [0.15, 0.2) is 36.2 Å². The Labute approximate surface area is 205 Å². The Balaban J connectivity index is 1.48. The Kier molecular flexibility index (Phi) is 7.17. The van der Waals surface area contributed by atoms with E-state index in [0.717, 1.165) is 31.6 Å². The maximum atomic E-state index is 12.8. The number of anilines is 2. The van der Waals surface area contributed by atoms with E-state index in [2.05, 4.69) is 34.0 Å². The van der Waals surface area contributed by atoms with Gasteiger partial charge in [-0.15, -0.1) is 17.9 Å². The minimum absolute atomic E-state index is 0.0633. The van der Waals surface area contributed by atoms with Gasteiger partial charge in [0.1, 0.15) is 11.5 Å². The van der Waals surface area contributed by atoms with Gasteiger partial charge in [-0.2, -0.15) is 5.10 Å². The number of H-pyrrole nitrogens is 1. The van der Waals surface area contributed by atoms with Crippen molar-refractivity contribution in [2.45, 2.75) is 32.7 Å². The summed E-state index contributed by atoms with van der Waals surface area (Å²) in [7, 11) is 0. The molecule has 0 unspecified atom stereocenters. The molecule has 10 nitrogen and oxygen atoms in total. The smallest absolute Gasteiger partial charge is 0.293 e. The van der Waals surface area contributed by atoms with Crippen LogP contribution in [0.2, 0.25) is 0 Å². The average Bonchev–Trinajstić information content (AvgIpc) is 3.40. The van der Waals surface area contributed by atoms with Crippen molar-refractivity contribution < 1.29 is 9.72 Å². The van der Waals surface area contributed by atoms with Gasteiger partial charge in [-0.05, 0) is 43.1 Å². The number of allylic oxidation sites excluding steroid dienone is 1. The fourth-order valence-corrected chi connectivity index (χ4v) is 5.00. The molecule has 2 aromatic heterocycles. The van der Waals surface area contributed by atoms with E-state index in [4.69, 9.17) is 12.2 Å². The first-order valence-electron chi connectivity index (χ1n) is 10.9. The quantitative estimate of drug-likeness (QED) is 0.201. The Morgan fingerprint density at radius 3 is 3.06 bits per heavy atom. The summed E-state index contributed by atoms with van der Waals surface area (Å²) in [6, 6.07) is 4.63. The minimum atomic E-state index is -0.447. The summed E-state index contributed by atoms with van der Waals surface area (Å²) in [5.74, 6) is 0.740. The summed E-state index contributed by atoms with van der Waals surface area (Å²) >= 11 is 6.50. The highest BCUT2D eigenvalue weighted by molar-refractivity contribution is 7.71. The Morgan fingerprint density at radius 1 is 1.50 bits per heavy atom. The predicted molar refractivity (Wildman–Crippen MR) is 134 cm³/mol. The molecule has 0 aliphatic carbocycles. The highest BCUT2D eigenvalue weighted by Crippen LogP contribution is 2.32. The van der Waals surface area contributed by atoms with Gasteiger partial charge >= 0.3 is 0 Å². The molecule has 34 heavy (non-hydrogen) atoms. The second-order valence-corrected chi connectivity index (χ2v) is 9.52. The third kappa shape index (κ3) is 5.23. The summed E-state index contributed by atoms with van der Waals surface area (Å²) in [6.07, 6.45) is 4.27. The number of aromatic amines is 1. The van der Waals surface area contributed by atoms with E-state index in [1.54, 1.807) is 18.2 Å². The number of nitrogens with one attached hydrogen (secondary N) is 2. The standard InChI is InChI=1S/C22H25N7O3S2/c1-3-8-28-19(25-26-22(28)33)11-16-13-34-21(23-16)24-20(30)15-6-7-17(18(10-15)29(31)32)27-9-4-5-14(2)12-27/h3,6-7,10,13-14H,1,4-5,8-9,11-12H2,2H3,(H,26,33)(H,23,24,30)/t14-/m0/s1. The lowest BCUT2D eigenvalue weighted by molar-refractivity contribution is -0.384. The van der Waals surface area contributed by atoms with E-state index < -0.39 is 10.8 Å². The maximum Gasteiger partial charge on any atom is 0.293 e. The number of carbonyl (C=O) groups excluding carboxylic acids is 1. The van der Waals surface area contributed by atoms with E-state index in [-0.39, 0.29) is 11.3 Å². The first kappa shape index (κ1) is 23.8. The van der Waals surface area contributed by atoms with Crippen LogP contribution < -0.4 is 10.2 Å². The molecule has 3 heterocycles. The Hall–Kier alpha value is -3.38. The molecule has 1 aromatic carbocycles. The van der Waals surface area contributed by atoms with Crippen LogP contribution in [0, 0.1) is 20.8 Å². The van der Waals surface area contributed by atoms with E-state index in [1.807, 2.05) is 14.8 Å². The van der Waals surface area contributed by atoms with Crippen LogP contribution in [0.5, 0.6) is 0 Å². The summed E-state index contributed by atoms with van der Waals surface area (Å²) in [5.41, 5.74) is 1.42. The number of nitro groups is 1. The third-order valence-corrected chi connectivity index (χ3v) is 6.81. The van der Waals surface area contributed by atoms with Crippen molar-refractivity contribution in [1.29, 1.82) is 0 Å². The zero-order valence-electron chi connectivity index (χ0n) is 18.7. The number of amides is 1. The third-order valence-electron chi connectivity index (χ3n) is 5.69. The van der Waals surface area contributed by atoms with E-state index in [9.17, 15) is 14.9 Å². The number of hydrogen-bond acceptors (Lipinski definition) is 8. The lowest BCUT2D eigenvalue weighted by atomic mass is 9.99. The van der Waals surface area contributed by atoms with Crippen molar-refractivity contribution in [2.24, 2.45) is 5.92 Å². The van der Waals surface area contributed by atoms with Crippen molar-refractivity contribution in [3.8, 4) is 0 Å². The minimum Gasteiger partial charge on any atom is -0.366 e. The Bertz CT molecular complexity index is 1280. The number of thiazole rings is 1. The monoisotopic (exact) mass is 499 g/mol. The summed E-state index contributed by atoms with van der Waals surface area (Å²) in [6.45, 7) is 7.94. The summed E-state index contributed by atoms with van der Waals surface area (Å²) in [4.78, 5) is 30.6. The molecule has 1 atom stereocenters. The van der Waals surface area contributed by atoms with Crippen LogP contribution in [0.3, 0.4) is 0 Å². The van der Waals surface area contributed by atoms with E-state index in [1.165, 1.54) is 17.4 Å². The van der Waals surface area contributed by atoms with Gasteiger partial charge in [0.25, 0.3) is 11.6 Å². The van der Waals surface area contributed by atoms with Gasteiger partial charge < -0.3 is 4.90 Å². The van der Waals surface area contributed by atoms with Crippen LogP contribution in [-0.4, -0.2) is 43.7 Å². The first-order valence-corrected chi connectivity index (χ1v) is 12.2. The SMILES string of the molecule is C=CCn1c(Cc2csc(NC(=O)c3ccc(N4CCC[C@H](C)C4)c([N+](=O)[O-])c3)n2)n[nH]c1=S. The zero-order valence-corrected chi connectivity index (χ0v) is 20.3. The number of carbonyl (C=O) groups is 1. The fraction of sp³-hybridized carbons (Fsp3) is 0.364. The van der Waals surface area contributed by atoms with Crippen molar-refractivity contribution in [1.82, 2.24) is 19.7 Å². The number of hydrogen-bond donors (Lipinski definition) is 2. The van der Waals surface area contributed by atoms with Crippen LogP contribution in [0.4, 0.5) is 16.5 Å². The first-order chi connectivity index (χ1) is 16.4. The molecule has 0 spiro atoms. The number of nitrogens with zero attached hydrogens (tertiary/aromatic N) is 5. The van der Waals surface area contributed by atoms with Gasteiger partial charge in [-0.1, -0.05) is 13.0 Å². The van der Waals surface area contributed by atoms with Crippen LogP contribution >= 0.6 is 23.6 Å². The molecular formula is C22H25N7O3S2. The maximum absolute atomic E-state index is 12.8. The molecule has 0 bridgehead atoms. The molecule has 1 aliphatic heterocycles. The van der Waals surface area contributed by atoms with Crippen molar-refractivity contribution in [2.75, 3.05) is 23.3 Å². The molecule has 12 heteroatoms. The highest BCUT2D eigenvalue weighted by atomic mass is 32.1. The Morgan fingerprint density at radius 2 is 2.32 bits per heavy atom. The van der Waals surface area contributed by atoms with Crippen LogP contribution in [0.1, 0.15) is 41.6 Å². The van der Waals surface area contributed by atoms with Crippen molar-refractivity contribution in [3.05, 3.63) is 68.2 Å². The van der Waals surface area contributed by atoms with Gasteiger partial charge in [0.2, 0.25) is 0 Å². The molecule has 1 aliphatic rings. The molecule has 1 fully saturated rings. The molecule has 0 saturated carbocycles. The zero-order chi connectivity index (χ0) is 24.2. The molecular weight excluding hydrogens is 474 g/mol. The van der Waals surface area contributed by atoms with Crippen molar-refractivity contribution >= 4 is 46.0 Å². The van der Waals surface area contributed by atoms with E-state index >= 15 is 0 Å². The summed E-state index contributed by atoms with van der Waals surface area (Å²) < 4.78 is 2.33.